The maximum absolute atomic E-state index is 6.32. The van der Waals surface area contributed by atoms with Crippen LogP contribution in [-0.4, -0.2) is 22.8 Å². The van der Waals surface area contributed by atoms with Gasteiger partial charge in [-0.25, -0.2) is 0 Å². The molecule has 3 unspecified atom stereocenters. The number of nitrogens with two attached hydrogens (primary N) is 1. The van der Waals surface area contributed by atoms with E-state index in [-0.39, 0.29) is 23.0 Å². The maximum Gasteiger partial charge on any atom is 0.234 e. The monoisotopic (exact) mass is 295 g/mol. The standard InChI is InChI=1S/C16H29N3O2/c1-6-20-12(15(2,3)4)13-18-14(21-19-13)16(5)10-8-7-9-11(16)17/h11-12H,6-10,17H2,1-5H3. The first-order valence-electron chi connectivity index (χ1n) is 8.00. The van der Waals surface area contributed by atoms with Crippen molar-refractivity contribution in [1.82, 2.24) is 10.1 Å². The summed E-state index contributed by atoms with van der Waals surface area (Å²) in [6.07, 6.45) is 4.20. The zero-order valence-corrected chi connectivity index (χ0v) is 14.0. The van der Waals surface area contributed by atoms with Gasteiger partial charge in [-0.05, 0) is 32.1 Å². The van der Waals surface area contributed by atoms with Gasteiger partial charge in [0.15, 0.2) is 0 Å². The fraction of sp³-hybridized carbons (Fsp3) is 0.875. The second kappa shape index (κ2) is 6.05. The summed E-state index contributed by atoms with van der Waals surface area (Å²) >= 11 is 0. The Hall–Kier alpha value is -0.940. The van der Waals surface area contributed by atoms with Gasteiger partial charge < -0.3 is 15.0 Å². The van der Waals surface area contributed by atoms with Crippen LogP contribution in [0.15, 0.2) is 4.52 Å². The summed E-state index contributed by atoms with van der Waals surface area (Å²) in [6, 6.07) is 0.0831. The first kappa shape index (κ1) is 16.4. The molecule has 0 spiro atoms. The van der Waals surface area contributed by atoms with Crippen LogP contribution in [0.5, 0.6) is 0 Å². The van der Waals surface area contributed by atoms with Gasteiger partial charge in [-0.1, -0.05) is 38.8 Å². The van der Waals surface area contributed by atoms with Crippen molar-refractivity contribution in [1.29, 1.82) is 0 Å². The lowest BCUT2D eigenvalue weighted by atomic mass is 9.72. The molecule has 120 valence electrons. The zero-order chi connectivity index (χ0) is 15.7. The van der Waals surface area contributed by atoms with Crippen molar-refractivity contribution in [2.24, 2.45) is 11.1 Å². The average molecular weight is 295 g/mol. The van der Waals surface area contributed by atoms with Crippen LogP contribution in [0.1, 0.15) is 78.1 Å². The van der Waals surface area contributed by atoms with Gasteiger partial charge in [0.25, 0.3) is 0 Å². The first-order valence-corrected chi connectivity index (χ1v) is 8.00. The smallest absolute Gasteiger partial charge is 0.234 e. The summed E-state index contributed by atoms with van der Waals surface area (Å²) in [7, 11) is 0. The van der Waals surface area contributed by atoms with Crippen LogP contribution in [-0.2, 0) is 10.2 Å². The Balaban J connectivity index is 2.28. The van der Waals surface area contributed by atoms with Crippen molar-refractivity contribution in [3.63, 3.8) is 0 Å². The van der Waals surface area contributed by atoms with Crippen LogP contribution in [0.2, 0.25) is 0 Å². The first-order chi connectivity index (χ1) is 9.79. The molecule has 0 radical (unpaired) electrons. The van der Waals surface area contributed by atoms with Gasteiger partial charge >= 0.3 is 0 Å². The van der Waals surface area contributed by atoms with Crippen LogP contribution in [0.3, 0.4) is 0 Å². The Bertz CT molecular complexity index is 466. The van der Waals surface area contributed by atoms with Gasteiger partial charge in [-0.2, -0.15) is 4.98 Å². The topological polar surface area (TPSA) is 74.2 Å². The summed E-state index contributed by atoms with van der Waals surface area (Å²) in [6.45, 7) is 11.1. The maximum atomic E-state index is 6.32. The van der Waals surface area contributed by atoms with Crippen LogP contribution in [0.4, 0.5) is 0 Å². The van der Waals surface area contributed by atoms with Crippen molar-refractivity contribution in [3.05, 3.63) is 11.7 Å². The lowest BCUT2D eigenvalue weighted by molar-refractivity contribution is -0.0203. The molecular weight excluding hydrogens is 266 g/mol. The highest BCUT2D eigenvalue weighted by Gasteiger charge is 2.42. The summed E-state index contributed by atoms with van der Waals surface area (Å²) in [5.74, 6) is 1.30. The number of ether oxygens (including phenoxy) is 1. The molecule has 2 rings (SSSR count). The molecule has 5 heteroatoms. The highest BCUT2D eigenvalue weighted by atomic mass is 16.5. The molecule has 21 heavy (non-hydrogen) atoms. The van der Waals surface area contributed by atoms with Crippen molar-refractivity contribution in [2.75, 3.05) is 6.61 Å². The van der Waals surface area contributed by atoms with Gasteiger partial charge in [-0.15, -0.1) is 0 Å². The van der Waals surface area contributed by atoms with E-state index >= 15 is 0 Å². The molecule has 2 N–H and O–H groups in total. The summed E-state index contributed by atoms with van der Waals surface area (Å²) < 4.78 is 11.4. The van der Waals surface area contributed by atoms with Crippen LogP contribution >= 0.6 is 0 Å². The minimum atomic E-state index is -0.210. The number of aromatic nitrogens is 2. The fourth-order valence-electron chi connectivity index (χ4n) is 3.08. The Morgan fingerprint density at radius 2 is 2.14 bits per heavy atom. The molecule has 0 aliphatic heterocycles. The van der Waals surface area contributed by atoms with E-state index in [0.717, 1.165) is 19.3 Å². The number of hydrogen-bond acceptors (Lipinski definition) is 5. The molecule has 0 amide bonds. The summed E-state index contributed by atoms with van der Waals surface area (Å²) in [4.78, 5) is 4.66. The molecule has 0 aromatic carbocycles. The van der Waals surface area contributed by atoms with E-state index in [9.17, 15) is 0 Å². The van der Waals surface area contributed by atoms with Crippen LogP contribution in [0.25, 0.3) is 0 Å². The van der Waals surface area contributed by atoms with E-state index in [0.29, 0.717) is 18.3 Å². The molecule has 1 heterocycles. The number of hydrogen-bond donors (Lipinski definition) is 1. The number of rotatable bonds is 4. The van der Waals surface area contributed by atoms with Gasteiger partial charge in [0.2, 0.25) is 11.7 Å². The van der Waals surface area contributed by atoms with E-state index in [4.69, 9.17) is 15.0 Å². The van der Waals surface area contributed by atoms with Gasteiger partial charge in [-0.3, -0.25) is 0 Å². The molecule has 1 aromatic heterocycles. The van der Waals surface area contributed by atoms with Gasteiger partial charge in [0, 0.05) is 12.6 Å². The van der Waals surface area contributed by atoms with E-state index in [1.165, 1.54) is 6.42 Å². The molecule has 5 nitrogen and oxygen atoms in total. The summed E-state index contributed by atoms with van der Waals surface area (Å²) in [5.41, 5.74) is 6.03. The molecule has 1 aliphatic rings. The average Bonchev–Trinajstić information content (AvgIpc) is 2.88. The largest absolute Gasteiger partial charge is 0.370 e. The molecule has 0 saturated heterocycles. The third kappa shape index (κ3) is 3.29. The minimum Gasteiger partial charge on any atom is -0.370 e. The Morgan fingerprint density at radius 1 is 1.43 bits per heavy atom. The van der Waals surface area contributed by atoms with Crippen LogP contribution in [0, 0.1) is 5.41 Å². The third-order valence-corrected chi connectivity index (χ3v) is 4.56. The Morgan fingerprint density at radius 3 is 2.71 bits per heavy atom. The van der Waals surface area contributed by atoms with Gasteiger partial charge in [0.1, 0.15) is 6.10 Å². The predicted molar refractivity (Wildman–Crippen MR) is 81.9 cm³/mol. The quantitative estimate of drug-likeness (QED) is 0.922. The van der Waals surface area contributed by atoms with Crippen molar-refractivity contribution in [3.8, 4) is 0 Å². The highest BCUT2D eigenvalue weighted by Crippen LogP contribution is 2.39. The minimum absolute atomic E-state index is 0.0766. The van der Waals surface area contributed by atoms with E-state index < -0.39 is 0 Å². The fourth-order valence-corrected chi connectivity index (χ4v) is 3.08. The van der Waals surface area contributed by atoms with Crippen LogP contribution < -0.4 is 5.73 Å². The highest BCUT2D eigenvalue weighted by molar-refractivity contribution is 5.11. The molecule has 1 aliphatic carbocycles. The predicted octanol–water partition coefficient (Wildman–Crippen LogP) is 3.35. The third-order valence-electron chi connectivity index (χ3n) is 4.56. The Kier molecular flexibility index (Phi) is 4.73. The summed E-state index contributed by atoms with van der Waals surface area (Å²) in [5, 5.41) is 4.19. The lowest BCUT2D eigenvalue weighted by Gasteiger charge is -2.36. The molecule has 1 fully saturated rings. The van der Waals surface area contributed by atoms with E-state index in [2.05, 4.69) is 37.8 Å². The second-order valence-electron chi connectivity index (χ2n) is 7.43. The van der Waals surface area contributed by atoms with E-state index in [1.54, 1.807) is 0 Å². The van der Waals surface area contributed by atoms with E-state index in [1.807, 2.05) is 6.92 Å². The molecule has 1 aromatic rings. The molecule has 0 bridgehead atoms. The molecular formula is C16H29N3O2. The molecule has 1 saturated carbocycles. The van der Waals surface area contributed by atoms with Crippen molar-refractivity contribution in [2.45, 2.75) is 77.9 Å². The normalized spacial score (nSPS) is 28.6. The Labute approximate surface area is 127 Å². The lowest BCUT2D eigenvalue weighted by Crippen LogP contribution is -2.45. The van der Waals surface area contributed by atoms with Crippen molar-refractivity contribution < 1.29 is 9.26 Å². The second-order valence-corrected chi connectivity index (χ2v) is 7.43. The van der Waals surface area contributed by atoms with Gasteiger partial charge in [0.05, 0.1) is 5.41 Å². The molecule has 3 atom stereocenters. The van der Waals surface area contributed by atoms with Crippen molar-refractivity contribution >= 4 is 0 Å². The number of nitrogens with zero attached hydrogens (tertiary/aromatic N) is 2. The zero-order valence-electron chi connectivity index (χ0n) is 14.0. The SMILES string of the molecule is CCOC(c1noc(C2(C)CCCCC2N)n1)C(C)(C)C.